The Labute approximate surface area is 93.6 Å². The van der Waals surface area contributed by atoms with Crippen molar-refractivity contribution in [3.05, 3.63) is 42.2 Å². The topological polar surface area (TPSA) is 53.1 Å². The van der Waals surface area contributed by atoms with Gasteiger partial charge in [-0.3, -0.25) is 4.68 Å². The molecule has 1 aromatic carbocycles. The van der Waals surface area contributed by atoms with Gasteiger partial charge >= 0.3 is 0 Å². The summed E-state index contributed by atoms with van der Waals surface area (Å²) in [5.74, 6) is 0.993. The molecule has 82 valence electrons. The minimum Gasteiger partial charge on any atom is -0.488 e. The number of para-hydroxylation sites is 1. The van der Waals surface area contributed by atoms with Gasteiger partial charge in [0.05, 0.1) is 18.4 Å². The van der Waals surface area contributed by atoms with Crippen LogP contribution in [-0.4, -0.2) is 15.9 Å². The van der Waals surface area contributed by atoms with Gasteiger partial charge < -0.3 is 10.5 Å². The fraction of sp³-hybridized carbons (Fsp3) is 0.250. The summed E-state index contributed by atoms with van der Waals surface area (Å²) >= 11 is 0. The van der Waals surface area contributed by atoms with Crippen molar-refractivity contribution in [2.45, 2.75) is 19.1 Å². The quantitative estimate of drug-likeness (QED) is 0.825. The molecule has 16 heavy (non-hydrogen) atoms. The molecule has 0 saturated heterocycles. The third-order valence-electron chi connectivity index (χ3n) is 2.76. The Morgan fingerprint density at radius 2 is 2.31 bits per heavy atom. The number of hydrogen-bond acceptors (Lipinski definition) is 3. The van der Waals surface area contributed by atoms with Gasteiger partial charge in [0.2, 0.25) is 0 Å². The standard InChI is InChI=1S/C12H13N3O/c13-10-6-14-15(7-10)8-11-5-9-3-1-2-4-12(9)16-11/h1-4,6-7,11H,5,8,13H2. The molecule has 1 aromatic heterocycles. The van der Waals surface area contributed by atoms with Crippen molar-refractivity contribution in [3.63, 3.8) is 0 Å². The molecule has 0 aliphatic carbocycles. The van der Waals surface area contributed by atoms with Gasteiger partial charge in [-0.15, -0.1) is 0 Å². The molecule has 0 spiro atoms. The SMILES string of the molecule is Nc1cnn(CC2Cc3ccccc3O2)c1. The first-order valence-electron chi connectivity index (χ1n) is 5.34. The van der Waals surface area contributed by atoms with Crippen LogP contribution in [0.25, 0.3) is 0 Å². The normalized spacial score (nSPS) is 18.1. The van der Waals surface area contributed by atoms with Crippen molar-refractivity contribution in [2.75, 3.05) is 5.73 Å². The van der Waals surface area contributed by atoms with Crippen LogP contribution in [0.2, 0.25) is 0 Å². The van der Waals surface area contributed by atoms with Crippen LogP contribution in [0, 0.1) is 0 Å². The average Bonchev–Trinajstić information content (AvgIpc) is 2.84. The molecule has 4 nitrogen and oxygen atoms in total. The smallest absolute Gasteiger partial charge is 0.123 e. The molecule has 1 unspecified atom stereocenters. The first-order chi connectivity index (χ1) is 7.81. The lowest BCUT2D eigenvalue weighted by molar-refractivity contribution is 0.203. The molecule has 0 bridgehead atoms. The highest BCUT2D eigenvalue weighted by Crippen LogP contribution is 2.28. The van der Waals surface area contributed by atoms with E-state index >= 15 is 0 Å². The molecular formula is C12H13N3O. The molecule has 1 aliphatic heterocycles. The highest BCUT2D eigenvalue weighted by molar-refractivity contribution is 5.37. The molecule has 1 aliphatic rings. The zero-order valence-electron chi connectivity index (χ0n) is 8.84. The maximum Gasteiger partial charge on any atom is 0.123 e. The zero-order valence-corrected chi connectivity index (χ0v) is 8.84. The van der Waals surface area contributed by atoms with Gasteiger partial charge in [-0.05, 0) is 11.6 Å². The number of aromatic nitrogens is 2. The van der Waals surface area contributed by atoms with Crippen molar-refractivity contribution < 1.29 is 4.74 Å². The molecule has 4 heteroatoms. The van der Waals surface area contributed by atoms with Crippen molar-refractivity contribution in [2.24, 2.45) is 0 Å². The fourth-order valence-corrected chi connectivity index (χ4v) is 2.04. The molecule has 2 aromatic rings. The van der Waals surface area contributed by atoms with Gasteiger partial charge in [-0.1, -0.05) is 18.2 Å². The van der Waals surface area contributed by atoms with Gasteiger partial charge in [-0.2, -0.15) is 5.10 Å². The van der Waals surface area contributed by atoms with Crippen molar-refractivity contribution in [1.29, 1.82) is 0 Å². The summed E-state index contributed by atoms with van der Waals surface area (Å²) in [6.45, 7) is 0.742. The summed E-state index contributed by atoms with van der Waals surface area (Å²) in [5, 5.41) is 4.15. The van der Waals surface area contributed by atoms with Crippen molar-refractivity contribution in [3.8, 4) is 5.75 Å². The molecule has 0 fully saturated rings. The van der Waals surface area contributed by atoms with Gasteiger partial charge in [0, 0.05) is 12.6 Å². The minimum atomic E-state index is 0.164. The Bertz CT molecular complexity index is 481. The number of benzene rings is 1. The van der Waals surface area contributed by atoms with Gasteiger partial charge in [0.1, 0.15) is 11.9 Å². The lowest BCUT2D eigenvalue weighted by Gasteiger charge is -2.10. The largest absolute Gasteiger partial charge is 0.488 e. The van der Waals surface area contributed by atoms with Gasteiger partial charge in [-0.25, -0.2) is 0 Å². The summed E-state index contributed by atoms with van der Waals surface area (Å²) in [4.78, 5) is 0. The Balaban J connectivity index is 1.72. The van der Waals surface area contributed by atoms with Crippen LogP contribution < -0.4 is 10.5 Å². The van der Waals surface area contributed by atoms with E-state index in [4.69, 9.17) is 10.5 Å². The molecule has 1 atom stereocenters. The number of hydrogen-bond donors (Lipinski definition) is 1. The van der Waals surface area contributed by atoms with E-state index in [2.05, 4.69) is 11.2 Å². The predicted molar refractivity (Wildman–Crippen MR) is 61.2 cm³/mol. The van der Waals surface area contributed by atoms with Crippen LogP contribution in [0.15, 0.2) is 36.7 Å². The first-order valence-corrected chi connectivity index (χ1v) is 5.34. The maximum absolute atomic E-state index is 5.82. The third-order valence-corrected chi connectivity index (χ3v) is 2.76. The summed E-state index contributed by atoms with van der Waals surface area (Å²) in [5.41, 5.74) is 7.57. The number of nitrogens with two attached hydrogens (primary N) is 1. The van der Waals surface area contributed by atoms with E-state index in [0.29, 0.717) is 5.69 Å². The fourth-order valence-electron chi connectivity index (χ4n) is 2.04. The maximum atomic E-state index is 5.82. The number of rotatable bonds is 2. The Kier molecular flexibility index (Phi) is 2.06. The number of fused-ring (bicyclic) bond motifs is 1. The second kappa shape index (κ2) is 3.56. The Morgan fingerprint density at radius 1 is 1.44 bits per heavy atom. The third kappa shape index (κ3) is 1.62. The van der Waals surface area contributed by atoms with Gasteiger partial charge in [0.25, 0.3) is 0 Å². The molecule has 3 rings (SSSR count). The number of nitrogens with zero attached hydrogens (tertiary/aromatic N) is 2. The lowest BCUT2D eigenvalue weighted by Crippen LogP contribution is -2.20. The Hall–Kier alpha value is -1.97. The second-order valence-corrected chi connectivity index (χ2v) is 4.05. The average molecular weight is 215 g/mol. The number of ether oxygens (including phenoxy) is 1. The van der Waals surface area contributed by atoms with Crippen molar-refractivity contribution >= 4 is 5.69 Å². The van der Waals surface area contributed by atoms with E-state index in [1.54, 1.807) is 6.20 Å². The first kappa shape index (κ1) is 9.27. The van der Waals surface area contributed by atoms with Crippen LogP contribution >= 0.6 is 0 Å². The van der Waals surface area contributed by atoms with Gasteiger partial charge in [0.15, 0.2) is 0 Å². The van der Waals surface area contributed by atoms with Crippen molar-refractivity contribution in [1.82, 2.24) is 9.78 Å². The van der Waals surface area contributed by atoms with E-state index < -0.39 is 0 Å². The van der Waals surface area contributed by atoms with Crippen LogP contribution in [0.4, 0.5) is 5.69 Å². The lowest BCUT2D eigenvalue weighted by atomic mass is 10.1. The highest BCUT2D eigenvalue weighted by Gasteiger charge is 2.22. The van der Waals surface area contributed by atoms with Crippen LogP contribution in [-0.2, 0) is 13.0 Å². The molecule has 0 amide bonds. The summed E-state index contributed by atoms with van der Waals surface area (Å²) in [6.07, 6.45) is 4.58. The van der Waals surface area contributed by atoms with E-state index in [1.165, 1.54) is 5.56 Å². The minimum absolute atomic E-state index is 0.164. The van der Waals surface area contributed by atoms with Crippen LogP contribution in [0.1, 0.15) is 5.56 Å². The summed E-state index contributed by atoms with van der Waals surface area (Å²) in [6, 6.07) is 8.14. The summed E-state index contributed by atoms with van der Waals surface area (Å²) in [7, 11) is 0. The predicted octanol–water partition coefficient (Wildman–Crippen LogP) is 1.47. The second-order valence-electron chi connectivity index (χ2n) is 4.05. The van der Waals surface area contributed by atoms with Crippen LogP contribution in [0.3, 0.4) is 0 Å². The highest BCUT2D eigenvalue weighted by atomic mass is 16.5. The van der Waals surface area contributed by atoms with E-state index in [9.17, 15) is 0 Å². The molecule has 2 heterocycles. The molecular weight excluding hydrogens is 202 g/mol. The Morgan fingerprint density at radius 3 is 3.06 bits per heavy atom. The molecule has 0 saturated carbocycles. The summed E-state index contributed by atoms with van der Waals surface area (Å²) < 4.78 is 7.64. The zero-order chi connectivity index (χ0) is 11.0. The monoisotopic (exact) mass is 215 g/mol. The van der Waals surface area contributed by atoms with Crippen LogP contribution in [0.5, 0.6) is 5.75 Å². The number of anilines is 1. The van der Waals surface area contributed by atoms with E-state index in [1.807, 2.05) is 29.1 Å². The van der Waals surface area contributed by atoms with E-state index in [0.717, 1.165) is 18.7 Å². The molecule has 0 radical (unpaired) electrons. The molecule has 2 N–H and O–H groups in total. The number of nitrogen functional groups attached to an aromatic ring is 1. The van der Waals surface area contributed by atoms with E-state index in [-0.39, 0.29) is 6.10 Å².